The molecule has 19 heavy (non-hydrogen) atoms. The Bertz CT molecular complexity index is 549. The van der Waals surface area contributed by atoms with E-state index >= 15 is 0 Å². The van der Waals surface area contributed by atoms with Gasteiger partial charge in [-0.3, -0.25) is 4.72 Å². The van der Waals surface area contributed by atoms with Crippen LogP contribution in [0.3, 0.4) is 0 Å². The van der Waals surface area contributed by atoms with Gasteiger partial charge in [-0.05, 0) is 25.0 Å². The summed E-state index contributed by atoms with van der Waals surface area (Å²) in [7, 11) is -3.51. The second-order valence-corrected chi connectivity index (χ2v) is 6.02. The predicted molar refractivity (Wildman–Crippen MR) is 67.6 cm³/mol. The van der Waals surface area contributed by atoms with Crippen LogP contribution in [0, 0.1) is 0 Å². The number of hydrogen-bond acceptors (Lipinski definition) is 5. The summed E-state index contributed by atoms with van der Waals surface area (Å²) in [6.45, 7) is 0.592. The highest BCUT2D eigenvalue weighted by atomic mass is 32.2. The number of nitrogens with zero attached hydrogens (tertiary/aromatic N) is 1. The largest absolute Gasteiger partial charge is 0.477 e. The van der Waals surface area contributed by atoms with Gasteiger partial charge in [0.15, 0.2) is 0 Å². The summed E-state index contributed by atoms with van der Waals surface area (Å²) in [5.41, 5.74) is 0.102. The van der Waals surface area contributed by atoms with Crippen molar-refractivity contribution in [1.29, 1.82) is 0 Å². The number of pyridine rings is 1. The van der Waals surface area contributed by atoms with Crippen molar-refractivity contribution in [1.82, 2.24) is 4.98 Å². The zero-order valence-corrected chi connectivity index (χ0v) is 10.9. The maximum atomic E-state index is 11.8. The molecule has 0 spiro atoms. The first-order chi connectivity index (χ1) is 8.96. The highest BCUT2D eigenvalue weighted by molar-refractivity contribution is 7.92. The summed E-state index contributed by atoms with van der Waals surface area (Å²) in [4.78, 5) is 14.2. The Morgan fingerprint density at radius 3 is 2.84 bits per heavy atom. The van der Waals surface area contributed by atoms with E-state index in [1.54, 1.807) is 0 Å². The van der Waals surface area contributed by atoms with E-state index in [-0.39, 0.29) is 23.2 Å². The van der Waals surface area contributed by atoms with E-state index in [2.05, 4.69) is 9.71 Å². The molecule has 1 fully saturated rings. The van der Waals surface area contributed by atoms with Crippen LogP contribution >= 0.6 is 0 Å². The van der Waals surface area contributed by atoms with Crippen molar-refractivity contribution >= 4 is 21.7 Å². The highest BCUT2D eigenvalue weighted by Crippen LogP contribution is 2.16. The number of aromatic carboxylic acids is 1. The lowest BCUT2D eigenvalue weighted by Crippen LogP contribution is -2.25. The van der Waals surface area contributed by atoms with E-state index in [0.717, 1.165) is 12.8 Å². The van der Waals surface area contributed by atoms with E-state index < -0.39 is 16.0 Å². The Morgan fingerprint density at radius 1 is 1.53 bits per heavy atom. The van der Waals surface area contributed by atoms with Gasteiger partial charge in [-0.25, -0.2) is 18.2 Å². The molecule has 7 nitrogen and oxygen atoms in total. The summed E-state index contributed by atoms with van der Waals surface area (Å²) < 4.78 is 31.3. The average Bonchev–Trinajstić information content (AvgIpc) is 2.81. The molecule has 1 atom stereocenters. The molecule has 0 amide bonds. The van der Waals surface area contributed by atoms with Crippen LogP contribution in [-0.2, 0) is 14.8 Å². The number of sulfonamides is 1. The summed E-state index contributed by atoms with van der Waals surface area (Å²) in [5.74, 6) is -1.26. The van der Waals surface area contributed by atoms with Crippen LogP contribution in [0.15, 0.2) is 18.3 Å². The number of nitrogens with one attached hydrogen (secondary N) is 1. The summed E-state index contributed by atoms with van der Waals surface area (Å²) in [6, 6.07) is 2.61. The van der Waals surface area contributed by atoms with Crippen molar-refractivity contribution in [2.45, 2.75) is 18.9 Å². The molecule has 2 heterocycles. The quantitative estimate of drug-likeness (QED) is 0.825. The summed E-state index contributed by atoms with van der Waals surface area (Å²) >= 11 is 0. The van der Waals surface area contributed by atoms with E-state index in [0.29, 0.717) is 6.61 Å². The number of carbonyl (C=O) groups is 1. The topological polar surface area (TPSA) is 106 Å². The number of carboxylic acid groups (broad SMARTS) is 1. The van der Waals surface area contributed by atoms with Gasteiger partial charge in [0.25, 0.3) is 0 Å². The maximum absolute atomic E-state index is 11.8. The second-order valence-electron chi connectivity index (χ2n) is 4.26. The van der Waals surface area contributed by atoms with Crippen LogP contribution in [0.4, 0.5) is 5.69 Å². The molecule has 8 heteroatoms. The SMILES string of the molecule is O=C(O)c1ccc(NS(=O)(=O)CC2CCCO2)cn1. The smallest absolute Gasteiger partial charge is 0.354 e. The van der Waals surface area contributed by atoms with Crippen molar-refractivity contribution in [2.75, 3.05) is 17.1 Å². The molecule has 0 aromatic carbocycles. The fraction of sp³-hybridized carbons (Fsp3) is 0.455. The minimum Gasteiger partial charge on any atom is -0.477 e. The number of aromatic nitrogens is 1. The molecule has 0 bridgehead atoms. The number of hydrogen-bond donors (Lipinski definition) is 2. The van der Waals surface area contributed by atoms with E-state index in [1.165, 1.54) is 18.3 Å². The van der Waals surface area contributed by atoms with Gasteiger partial charge in [0.1, 0.15) is 5.69 Å². The van der Waals surface area contributed by atoms with Crippen molar-refractivity contribution in [2.24, 2.45) is 0 Å². The molecular weight excluding hydrogens is 272 g/mol. The molecule has 0 saturated carbocycles. The third-order valence-electron chi connectivity index (χ3n) is 2.69. The van der Waals surface area contributed by atoms with Gasteiger partial charge in [0, 0.05) is 6.61 Å². The molecule has 1 aliphatic rings. The minimum atomic E-state index is -3.51. The third-order valence-corrected chi connectivity index (χ3v) is 4.04. The first-order valence-corrected chi connectivity index (χ1v) is 7.43. The van der Waals surface area contributed by atoms with Gasteiger partial charge < -0.3 is 9.84 Å². The van der Waals surface area contributed by atoms with Crippen LogP contribution in [0.2, 0.25) is 0 Å². The molecule has 2 rings (SSSR count). The van der Waals surface area contributed by atoms with Crippen molar-refractivity contribution in [3.63, 3.8) is 0 Å². The molecule has 2 N–H and O–H groups in total. The van der Waals surface area contributed by atoms with Gasteiger partial charge in [0.05, 0.1) is 23.7 Å². The minimum absolute atomic E-state index is 0.103. The number of carboxylic acids is 1. The van der Waals surface area contributed by atoms with E-state index in [9.17, 15) is 13.2 Å². The monoisotopic (exact) mass is 286 g/mol. The Labute approximate surface area is 110 Å². The zero-order chi connectivity index (χ0) is 13.9. The predicted octanol–water partition coefficient (Wildman–Crippen LogP) is 0.700. The summed E-state index contributed by atoms with van der Waals surface area (Å²) in [5, 5.41) is 8.68. The summed E-state index contributed by atoms with van der Waals surface area (Å²) in [6.07, 6.45) is 2.51. The van der Waals surface area contributed by atoms with Crippen molar-refractivity contribution in [3.05, 3.63) is 24.0 Å². The highest BCUT2D eigenvalue weighted by Gasteiger charge is 2.23. The normalized spacial score (nSPS) is 19.3. The lowest BCUT2D eigenvalue weighted by atomic mass is 10.3. The lowest BCUT2D eigenvalue weighted by molar-refractivity contribution is 0.0690. The molecule has 1 aromatic heterocycles. The van der Waals surface area contributed by atoms with Crippen LogP contribution < -0.4 is 4.72 Å². The lowest BCUT2D eigenvalue weighted by Gasteiger charge is -2.11. The first-order valence-electron chi connectivity index (χ1n) is 5.78. The molecule has 1 unspecified atom stereocenters. The van der Waals surface area contributed by atoms with Crippen molar-refractivity contribution in [3.8, 4) is 0 Å². The molecule has 0 aliphatic carbocycles. The van der Waals surface area contributed by atoms with Gasteiger partial charge in [-0.15, -0.1) is 0 Å². The fourth-order valence-corrected chi connectivity index (χ4v) is 3.14. The third kappa shape index (κ3) is 3.90. The van der Waals surface area contributed by atoms with E-state index in [1.807, 2.05) is 0 Å². The molecule has 1 saturated heterocycles. The molecule has 0 radical (unpaired) electrons. The Morgan fingerprint density at radius 2 is 2.32 bits per heavy atom. The molecular formula is C11H14N2O5S. The van der Waals surface area contributed by atoms with Gasteiger partial charge in [-0.1, -0.05) is 0 Å². The van der Waals surface area contributed by atoms with Gasteiger partial charge in [-0.2, -0.15) is 0 Å². The zero-order valence-electron chi connectivity index (χ0n) is 10.1. The van der Waals surface area contributed by atoms with Gasteiger partial charge >= 0.3 is 5.97 Å². The Balaban J connectivity index is 2.00. The fourth-order valence-electron chi connectivity index (χ4n) is 1.82. The van der Waals surface area contributed by atoms with E-state index in [4.69, 9.17) is 9.84 Å². The second kappa shape index (κ2) is 5.54. The van der Waals surface area contributed by atoms with Crippen LogP contribution in [0.1, 0.15) is 23.3 Å². The molecule has 1 aromatic rings. The first kappa shape index (κ1) is 13.8. The maximum Gasteiger partial charge on any atom is 0.354 e. The number of rotatable bonds is 5. The van der Waals surface area contributed by atoms with Gasteiger partial charge in [0.2, 0.25) is 10.0 Å². The van der Waals surface area contributed by atoms with Crippen LogP contribution in [-0.4, -0.2) is 42.9 Å². The number of anilines is 1. The van der Waals surface area contributed by atoms with Crippen LogP contribution in [0.25, 0.3) is 0 Å². The average molecular weight is 286 g/mol. The molecule has 1 aliphatic heterocycles. The number of ether oxygens (including phenoxy) is 1. The molecule has 104 valence electrons. The standard InChI is InChI=1S/C11H14N2O5S/c14-11(15)10-4-3-8(6-12-10)13-19(16,17)7-9-2-1-5-18-9/h3-4,6,9,13H,1-2,5,7H2,(H,14,15). The Kier molecular flexibility index (Phi) is 4.01. The van der Waals surface area contributed by atoms with Crippen molar-refractivity contribution < 1.29 is 23.1 Å². The van der Waals surface area contributed by atoms with Crippen LogP contribution in [0.5, 0.6) is 0 Å². The Hall–Kier alpha value is -1.67.